The van der Waals surface area contributed by atoms with Crippen molar-refractivity contribution in [2.75, 3.05) is 0 Å². The van der Waals surface area contributed by atoms with E-state index in [0.29, 0.717) is 0 Å². The van der Waals surface area contributed by atoms with Crippen LogP contribution in [0, 0.1) is 5.92 Å². The fourth-order valence-corrected chi connectivity index (χ4v) is 1.83. The first-order valence-corrected chi connectivity index (χ1v) is 3.71. The monoisotopic (exact) mass is 208 g/mol. The average molecular weight is 208 g/mol. The Morgan fingerprint density at radius 2 is 2.57 bits per heavy atom. The van der Waals surface area contributed by atoms with Crippen LogP contribution in [0.15, 0.2) is 9.66 Å². The van der Waals surface area contributed by atoms with Crippen molar-refractivity contribution < 1.29 is 0 Å². The lowest BCUT2D eigenvalue weighted by Gasteiger charge is -1.94. The molecular weight excluding hydrogens is 199 g/mol. The van der Waals surface area contributed by atoms with Crippen LogP contribution in [0.2, 0.25) is 0 Å². The van der Waals surface area contributed by atoms with Crippen LogP contribution in [-0.2, 0) is 0 Å². The second-order valence-electron chi connectivity index (χ2n) is 2.20. The van der Waals surface area contributed by atoms with Crippen molar-refractivity contribution in [2.45, 2.75) is 19.8 Å². The maximum absolute atomic E-state index is 2.41. The number of allylic oxidation sites excluding steroid dienone is 2. The van der Waals surface area contributed by atoms with Gasteiger partial charge in [-0.15, -0.1) is 0 Å². The molecule has 40 valence electrons. The van der Waals surface area contributed by atoms with Gasteiger partial charge in [0.25, 0.3) is 0 Å². The van der Waals surface area contributed by atoms with Gasteiger partial charge < -0.3 is 0 Å². The highest BCUT2D eigenvalue weighted by Gasteiger charge is 2.08. The fourth-order valence-electron chi connectivity index (χ4n) is 0.829. The maximum atomic E-state index is 2.41. The van der Waals surface area contributed by atoms with Crippen molar-refractivity contribution >= 4 is 22.6 Å². The molecule has 0 saturated carbocycles. The SMILES string of the molecule is CC1CC=C(I)C1. The van der Waals surface area contributed by atoms with Crippen LogP contribution in [0.4, 0.5) is 0 Å². The maximum Gasteiger partial charge on any atom is -0.0131 e. The van der Waals surface area contributed by atoms with Crippen LogP contribution in [-0.4, -0.2) is 0 Å². The van der Waals surface area contributed by atoms with Crippen LogP contribution in [0.1, 0.15) is 19.8 Å². The zero-order valence-corrected chi connectivity index (χ0v) is 6.60. The van der Waals surface area contributed by atoms with E-state index < -0.39 is 0 Å². The number of hydrogen-bond acceptors (Lipinski definition) is 0. The molecule has 0 aromatic carbocycles. The Morgan fingerprint density at radius 3 is 2.71 bits per heavy atom. The summed E-state index contributed by atoms with van der Waals surface area (Å²) in [6.07, 6.45) is 4.95. The molecule has 0 bridgehead atoms. The molecule has 0 N–H and O–H groups in total. The summed E-state index contributed by atoms with van der Waals surface area (Å²) in [6.45, 7) is 2.29. The van der Waals surface area contributed by atoms with E-state index in [4.69, 9.17) is 0 Å². The molecule has 1 unspecified atom stereocenters. The Morgan fingerprint density at radius 1 is 1.86 bits per heavy atom. The van der Waals surface area contributed by atoms with Crippen LogP contribution >= 0.6 is 22.6 Å². The van der Waals surface area contributed by atoms with Crippen molar-refractivity contribution in [3.05, 3.63) is 9.66 Å². The summed E-state index contributed by atoms with van der Waals surface area (Å²) in [6, 6.07) is 0. The van der Waals surface area contributed by atoms with E-state index in [9.17, 15) is 0 Å². The summed E-state index contributed by atoms with van der Waals surface area (Å²) in [7, 11) is 0. The summed E-state index contributed by atoms with van der Waals surface area (Å²) in [5.41, 5.74) is 0. The molecule has 0 radical (unpaired) electrons. The Labute approximate surface area is 58.1 Å². The third-order valence-electron chi connectivity index (χ3n) is 1.29. The van der Waals surface area contributed by atoms with Crippen LogP contribution < -0.4 is 0 Å². The van der Waals surface area contributed by atoms with Gasteiger partial charge in [0, 0.05) is 0 Å². The van der Waals surface area contributed by atoms with Gasteiger partial charge in [-0.3, -0.25) is 0 Å². The topological polar surface area (TPSA) is 0 Å². The third kappa shape index (κ3) is 1.44. The summed E-state index contributed by atoms with van der Waals surface area (Å²) in [4.78, 5) is 0. The molecule has 0 aliphatic heterocycles. The fraction of sp³-hybridized carbons (Fsp3) is 0.667. The van der Waals surface area contributed by atoms with E-state index in [1.807, 2.05) is 0 Å². The molecule has 0 aromatic heterocycles. The quantitative estimate of drug-likeness (QED) is 0.537. The molecule has 0 heterocycles. The molecule has 0 aromatic rings. The molecule has 0 amide bonds. The first-order chi connectivity index (χ1) is 3.29. The minimum atomic E-state index is 0.923. The summed E-state index contributed by atoms with van der Waals surface area (Å²) in [5, 5.41) is 0. The lowest BCUT2D eigenvalue weighted by Crippen LogP contribution is -1.81. The van der Waals surface area contributed by atoms with Crippen LogP contribution in [0.5, 0.6) is 0 Å². The summed E-state index contributed by atoms with van der Waals surface area (Å²) >= 11 is 2.41. The third-order valence-corrected chi connectivity index (χ3v) is 2.17. The molecule has 1 aliphatic rings. The molecule has 0 saturated heterocycles. The molecule has 1 rings (SSSR count). The number of halogens is 1. The van der Waals surface area contributed by atoms with E-state index in [1.54, 1.807) is 3.58 Å². The van der Waals surface area contributed by atoms with Crippen LogP contribution in [0.25, 0.3) is 0 Å². The zero-order chi connectivity index (χ0) is 5.28. The first kappa shape index (κ1) is 5.60. The van der Waals surface area contributed by atoms with Gasteiger partial charge in [0.15, 0.2) is 0 Å². The van der Waals surface area contributed by atoms with Gasteiger partial charge in [-0.1, -0.05) is 13.0 Å². The average Bonchev–Trinajstić information content (AvgIpc) is 1.87. The van der Waals surface area contributed by atoms with Crippen molar-refractivity contribution in [3.63, 3.8) is 0 Å². The second-order valence-corrected chi connectivity index (χ2v) is 3.58. The highest BCUT2D eigenvalue weighted by Crippen LogP contribution is 2.27. The Bertz CT molecular complexity index is 94.4. The van der Waals surface area contributed by atoms with Gasteiger partial charge in [0.05, 0.1) is 0 Å². The predicted octanol–water partition coefficient (Wildman–Crippen LogP) is 2.74. The Balaban J connectivity index is 2.42. The lowest BCUT2D eigenvalue weighted by molar-refractivity contribution is 0.637. The molecule has 1 atom stereocenters. The van der Waals surface area contributed by atoms with Crippen molar-refractivity contribution in [2.24, 2.45) is 5.92 Å². The summed E-state index contributed by atoms with van der Waals surface area (Å²) in [5.74, 6) is 0.923. The number of rotatable bonds is 0. The minimum absolute atomic E-state index is 0.923. The van der Waals surface area contributed by atoms with E-state index >= 15 is 0 Å². The van der Waals surface area contributed by atoms with Gasteiger partial charge >= 0.3 is 0 Å². The highest BCUT2D eigenvalue weighted by atomic mass is 127. The minimum Gasteiger partial charge on any atom is -0.0749 e. The number of hydrogen-bond donors (Lipinski definition) is 0. The molecule has 1 aliphatic carbocycles. The van der Waals surface area contributed by atoms with Crippen molar-refractivity contribution in [1.82, 2.24) is 0 Å². The van der Waals surface area contributed by atoms with Gasteiger partial charge in [-0.05, 0) is 44.9 Å². The van der Waals surface area contributed by atoms with Gasteiger partial charge in [-0.25, -0.2) is 0 Å². The first-order valence-electron chi connectivity index (χ1n) is 2.63. The van der Waals surface area contributed by atoms with E-state index in [-0.39, 0.29) is 0 Å². The van der Waals surface area contributed by atoms with E-state index in [0.717, 1.165) is 5.92 Å². The Hall–Kier alpha value is 0.470. The molecule has 7 heavy (non-hydrogen) atoms. The molecule has 0 nitrogen and oxygen atoms in total. The highest BCUT2D eigenvalue weighted by molar-refractivity contribution is 14.1. The van der Waals surface area contributed by atoms with E-state index in [2.05, 4.69) is 35.6 Å². The molecular formula is C6H9I. The van der Waals surface area contributed by atoms with Crippen molar-refractivity contribution in [1.29, 1.82) is 0 Å². The summed E-state index contributed by atoms with van der Waals surface area (Å²) < 4.78 is 1.55. The standard InChI is InChI=1S/C6H9I/c1-5-2-3-6(7)4-5/h3,5H,2,4H2,1H3. The van der Waals surface area contributed by atoms with Gasteiger partial charge in [0.2, 0.25) is 0 Å². The molecule has 0 fully saturated rings. The van der Waals surface area contributed by atoms with Gasteiger partial charge in [-0.2, -0.15) is 0 Å². The zero-order valence-electron chi connectivity index (χ0n) is 4.45. The predicted molar refractivity (Wildman–Crippen MR) is 40.5 cm³/mol. The smallest absolute Gasteiger partial charge is 0.0131 e. The van der Waals surface area contributed by atoms with Crippen LogP contribution in [0.3, 0.4) is 0 Å². The largest absolute Gasteiger partial charge is 0.0749 e. The normalized spacial score (nSPS) is 30.6. The molecule has 0 spiro atoms. The second kappa shape index (κ2) is 2.16. The Kier molecular flexibility index (Phi) is 1.73. The lowest BCUT2D eigenvalue weighted by atomic mass is 10.1. The van der Waals surface area contributed by atoms with Crippen molar-refractivity contribution in [3.8, 4) is 0 Å². The molecule has 1 heteroatoms. The van der Waals surface area contributed by atoms with E-state index in [1.165, 1.54) is 12.8 Å². The van der Waals surface area contributed by atoms with Gasteiger partial charge in [0.1, 0.15) is 0 Å².